The third kappa shape index (κ3) is 2.03. The van der Waals surface area contributed by atoms with Crippen LogP contribution in [0.4, 0.5) is 4.39 Å². The van der Waals surface area contributed by atoms with Crippen LogP contribution in [0.15, 0.2) is 18.2 Å². The smallest absolute Gasteiger partial charge is 0.123 e. The molecule has 88 valence electrons. The molecule has 4 heteroatoms. The molecule has 0 aromatic heterocycles. The van der Waals surface area contributed by atoms with Gasteiger partial charge in [-0.2, -0.15) is 0 Å². The summed E-state index contributed by atoms with van der Waals surface area (Å²) in [6, 6.07) is 4.58. The number of phenols is 1. The van der Waals surface area contributed by atoms with Gasteiger partial charge in [-0.15, -0.1) is 0 Å². The van der Waals surface area contributed by atoms with Crippen LogP contribution in [0.1, 0.15) is 18.5 Å². The fourth-order valence-corrected chi connectivity index (χ4v) is 1.96. The number of nitrogens with one attached hydrogen (secondary N) is 1. The Morgan fingerprint density at radius 2 is 2.19 bits per heavy atom. The van der Waals surface area contributed by atoms with Gasteiger partial charge in [0, 0.05) is 30.7 Å². The Labute approximate surface area is 94.9 Å². The zero-order chi connectivity index (χ0) is 11.7. The molecule has 2 N–H and O–H groups in total. The highest BCUT2D eigenvalue weighted by molar-refractivity contribution is 5.35. The van der Waals surface area contributed by atoms with Crippen LogP contribution >= 0.6 is 0 Å². The summed E-state index contributed by atoms with van der Waals surface area (Å²) in [5, 5.41) is 12.9. The molecule has 1 atom stereocenters. The van der Waals surface area contributed by atoms with E-state index in [1.807, 2.05) is 14.0 Å². The highest BCUT2D eigenvalue weighted by Gasteiger charge is 2.27. The van der Waals surface area contributed by atoms with Crippen molar-refractivity contribution in [3.63, 3.8) is 0 Å². The average molecular weight is 224 g/mol. The van der Waals surface area contributed by atoms with Crippen molar-refractivity contribution in [2.45, 2.75) is 19.0 Å². The van der Waals surface area contributed by atoms with Gasteiger partial charge in [0.2, 0.25) is 0 Å². The molecule has 0 spiro atoms. The molecule has 1 aromatic rings. The predicted molar refractivity (Wildman–Crippen MR) is 60.9 cm³/mol. The van der Waals surface area contributed by atoms with Gasteiger partial charge in [-0.1, -0.05) is 0 Å². The predicted octanol–water partition coefficient (Wildman–Crippen LogP) is 1.50. The first-order chi connectivity index (χ1) is 7.59. The molecule has 0 aliphatic carbocycles. The van der Waals surface area contributed by atoms with Gasteiger partial charge in [-0.05, 0) is 32.2 Å². The first-order valence-electron chi connectivity index (χ1n) is 5.50. The van der Waals surface area contributed by atoms with E-state index in [9.17, 15) is 9.50 Å². The zero-order valence-electron chi connectivity index (χ0n) is 9.57. The molecule has 1 saturated heterocycles. The van der Waals surface area contributed by atoms with Gasteiger partial charge in [0.25, 0.3) is 0 Å². The van der Waals surface area contributed by atoms with Crippen molar-refractivity contribution in [2.24, 2.45) is 0 Å². The highest BCUT2D eigenvalue weighted by atomic mass is 19.1. The molecule has 1 aromatic carbocycles. The largest absolute Gasteiger partial charge is 0.508 e. The summed E-state index contributed by atoms with van der Waals surface area (Å²) in [6.07, 6.45) is 0. The van der Waals surface area contributed by atoms with Gasteiger partial charge in [0.1, 0.15) is 11.6 Å². The number of likely N-dealkylation sites (N-methyl/N-ethyl adjacent to an activating group) is 1. The monoisotopic (exact) mass is 224 g/mol. The Morgan fingerprint density at radius 1 is 1.50 bits per heavy atom. The van der Waals surface area contributed by atoms with E-state index in [1.165, 1.54) is 18.2 Å². The van der Waals surface area contributed by atoms with E-state index in [0.29, 0.717) is 11.6 Å². The van der Waals surface area contributed by atoms with Crippen molar-refractivity contribution in [1.82, 2.24) is 10.2 Å². The van der Waals surface area contributed by atoms with Gasteiger partial charge in [0.15, 0.2) is 0 Å². The minimum absolute atomic E-state index is 0.0165. The maximum absolute atomic E-state index is 13.1. The number of phenolic OH excluding ortho intramolecular Hbond substituents is 1. The lowest BCUT2D eigenvalue weighted by atomic mass is 10.0. The molecule has 0 amide bonds. The molecule has 1 aliphatic heterocycles. The standard InChI is InChI=1S/C12H17FN2O/c1-8(15(2)10-6-14-7-10)11-5-9(13)3-4-12(11)16/h3-5,8,10,14,16H,6-7H2,1-2H3. The van der Waals surface area contributed by atoms with E-state index in [-0.39, 0.29) is 17.6 Å². The van der Waals surface area contributed by atoms with E-state index in [0.717, 1.165) is 13.1 Å². The second kappa shape index (κ2) is 4.39. The van der Waals surface area contributed by atoms with Gasteiger partial charge >= 0.3 is 0 Å². The first kappa shape index (κ1) is 11.4. The van der Waals surface area contributed by atoms with E-state index in [4.69, 9.17) is 0 Å². The SMILES string of the molecule is CC(c1cc(F)ccc1O)N(C)C1CNC1. The van der Waals surface area contributed by atoms with Gasteiger partial charge in [0.05, 0.1) is 0 Å². The van der Waals surface area contributed by atoms with Crippen molar-refractivity contribution >= 4 is 0 Å². The van der Waals surface area contributed by atoms with Crippen LogP contribution in [-0.2, 0) is 0 Å². The molecule has 0 bridgehead atoms. The van der Waals surface area contributed by atoms with Gasteiger partial charge < -0.3 is 10.4 Å². The summed E-state index contributed by atoms with van der Waals surface area (Å²) < 4.78 is 13.1. The van der Waals surface area contributed by atoms with Crippen molar-refractivity contribution in [1.29, 1.82) is 0 Å². The number of hydrogen-bond donors (Lipinski definition) is 2. The Morgan fingerprint density at radius 3 is 2.75 bits per heavy atom. The normalized spacial score (nSPS) is 18.5. The van der Waals surface area contributed by atoms with E-state index < -0.39 is 0 Å². The molecule has 0 radical (unpaired) electrons. The van der Waals surface area contributed by atoms with Crippen molar-refractivity contribution in [3.05, 3.63) is 29.6 Å². The maximum atomic E-state index is 13.1. The third-order valence-corrected chi connectivity index (χ3v) is 3.39. The minimum Gasteiger partial charge on any atom is -0.508 e. The molecule has 1 unspecified atom stereocenters. The summed E-state index contributed by atoms with van der Waals surface area (Å²) in [6.45, 7) is 3.89. The fraction of sp³-hybridized carbons (Fsp3) is 0.500. The lowest BCUT2D eigenvalue weighted by Crippen LogP contribution is -2.56. The van der Waals surface area contributed by atoms with Gasteiger partial charge in [-0.3, -0.25) is 4.90 Å². The summed E-state index contributed by atoms with van der Waals surface area (Å²) in [5.74, 6) is -0.146. The zero-order valence-corrected chi connectivity index (χ0v) is 9.57. The van der Waals surface area contributed by atoms with Crippen LogP contribution in [0.3, 0.4) is 0 Å². The molecule has 1 aliphatic rings. The Bertz CT molecular complexity index is 379. The second-order valence-corrected chi connectivity index (χ2v) is 4.36. The maximum Gasteiger partial charge on any atom is 0.123 e. The molecule has 2 rings (SSSR count). The Hall–Kier alpha value is -1.13. The third-order valence-electron chi connectivity index (χ3n) is 3.39. The summed E-state index contributed by atoms with van der Waals surface area (Å²) in [5.41, 5.74) is 0.648. The topological polar surface area (TPSA) is 35.5 Å². The quantitative estimate of drug-likeness (QED) is 0.816. The molecule has 1 heterocycles. The molecule has 3 nitrogen and oxygen atoms in total. The second-order valence-electron chi connectivity index (χ2n) is 4.36. The lowest BCUT2D eigenvalue weighted by molar-refractivity contribution is 0.134. The Kier molecular flexibility index (Phi) is 3.12. The van der Waals surface area contributed by atoms with Gasteiger partial charge in [-0.25, -0.2) is 4.39 Å². The number of benzene rings is 1. The van der Waals surface area contributed by atoms with Crippen LogP contribution in [-0.4, -0.2) is 36.2 Å². The van der Waals surface area contributed by atoms with Crippen molar-refractivity contribution in [3.8, 4) is 5.75 Å². The fourth-order valence-electron chi connectivity index (χ4n) is 1.96. The molecule has 16 heavy (non-hydrogen) atoms. The first-order valence-corrected chi connectivity index (χ1v) is 5.50. The van der Waals surface area contributed by atoms with Crippen LogP contribution in [0.2, 0.25) is 0 Å². The summed E-state index contributed by atoms with van der Waals surface area (Å²) in [7, 11) is 2.00. The van der Waals surface area contributed by atoms with E-state index in [2.05, 4.69) is 10.2 Å². The lowest BCUT2D eigenvalue weighted by Gasteiger charge is -2.39. The van der Waals surface area contributed by atoms with E-state index in [1.54, 1.807) is 0 Å². The number of aromatic hydroxyl groups is 1. The summed E-state index contributed by atoms with van der Waals surface area (Å²) >= 11 is 0. The highest BCUT2D eigenvalue weighted by Crippen LogP contribution is 2.29. The van der Waals surface area contributed by atoms with Crippen LogP contribution < -0.4 is 5.32 Å². The average Bonchev–Trinajstić information content (AvgIpc) is 2.18. The van der Waals surface area contributed by atoms with Crippen LogP contribution in [0, 0.1) is 5.82 Å². The Balaban J connectivity index is 2.18. The molecular weight excluding hydrogens is 207 g/mol. The number of hydrogen-bond acceptors (Lipinski definition) is 3. The van der Waals surface area contributed by atoms with E-state index >= 15 is 0 Å². The van der Waals surface area contributed by atoms with Crippen LogP contribution in [0.5, 0.6) is 5.75 Å². The number of halogens is 1. The summed E-state index contributed by atoms with van der Waals surface area (Å²) in [4.78, 5) is 2.16. The number of nitrogens with zero attached hydrogens (tertiary/aromatic N) is 1. The van der Waals surface area contributed by atoms with Crippen molar-refractivity contribution < 1.29 is 9.50 Å². The van der Waals surface area contributed by atoms with Crippen LogP contribution in [0.25, 0.3) is 0 Å². The minimum atomic E-state index is -0.306. The van der Waals surface area contributed by atoms with Crippen molar-refractivity contribution in [2.75, 3.05) is 20.1 Å². The molecule has 1 fully saturated rings. The molecule has 0 saturated carbocycles. The number of rotatable bonds is 3. The molecular formula is C12H17FN2O.